The zero-order valence-electron chi connectivity index (χ0n) is 11.0. The van der Waals surface area contributed by atoms with E-state index < -0.39 is 23.5 Å². The Balaban J connectivity index is 2.33. The van der Waals surface area contributed by atoms with Crippen LogP contribution in [0.25, 0.3) is 0 Å². The minimum atomic E-state index is -1.26. The average Bonchev–Trinajstić information content (AvgIpc) is 2.43. The molecule has 2 N–H and O–H groups in total. The molecule has 2 aromatic rings. The second kappa shape index (κ2) is 5.70. The number of amides is 1. The standard InChI is InChI=1S/C15H11F2NO3/c1-8-2-4-11(16)10(6-8)14(19)18-13-7-9(15(20)21)3-5-12(13)17/h2-7H,1H3,(H,18,19)(H,20,21). The molecule has 108 valence electrons. The van der Waals surface area contributed by atoms with Crippen molar-refractivity contribution in [1.29, 1.82) is 0 Å². The Kier molecular flexibility index (Phi) is 3.98. The fourth-order valence-electron chi connectivity index (χ4n) is 1.76. The molecule has 0 aliphatic rings. The molecule has 0 fully saturated rings. The molecule has 0 atom stereocenters. The van der Waals surface area contributed by atoms with Crippen molar-refractivity contribution in [2.45, 2.75) is 6.92 Å². The minimum absolute atomic E-state index is 0.184. The van der Waals surface area contributed by atoms with Crippen molar-refractivity contribution in [1.82, 2.24) is 0 Å². The number of anilines is 1. The molecule has 21 heavy (non-hydrogen) atoms. The number of hydrogen-bond donors (Lipinski definition) is 2. The maximum atomic E-state index is 13.6. The van der Waals surface area contributed by atoms with Gasteiger partial charge in [0.15, 0.2) is 0 Å². The molecule has 2 aromatic carbocycles. The second-order valence-corrected chi connectivity index (χ2v) is 4.44. The molecule has 0 saturated carbocycles. The fraction of sp³-hybridized carbons (Fsp3) is 0.0667. The van der Waals surface area contributed by atoms with Gasteiger partial charge < -0.3 is 10.4 Å². The highest BCUT2D eigenvalue weighted by Gasteiger charge is 2.15. The van der Waals surface area contributed by atoms with Crippen molar-refractivity contribution >= 4 is 17.6 Å². The van der Waals surface area contributed by atoms with Gasteiger partial charge in [-0.1, -0.05) is 11.6 Å². The summed E-state index contributed by atoms with van der Waals surface area (Å²) in [6.45, 7) is 1.68. The maximum absolute atomic E-state index is 13.6. The molecule has 0 aliphatic heterocycles. The van der Waals surface area contributed by atoms with Crippen LogP contribution in [0, 0.1) is 18.6 Å². The number of hydrogen-bond acceptors (Lipinski definition) is 2. The highest BCUT2D eigenvalue weighted by molar-refractivity contribution is 6.05. The second-order valence-electron chi connectivity index (χ2n) is 4.44. The normalized spacial score (nSPS) is 10.2. The number of carbonyl (C=O) groups is 2. The molecular weight excluding hydrogens is 280 g/mol. The molecule has 4 nitrogen and oxygen atoms in total. The molecule has 0 aromatic heterocycles. The summed E-state index contributed by atoms with van der Waals surface area (Å²) in [7, 11) is 0. The van der Waals surface area contributed by atoms with Crippen LogP contribution in [0.3, 0.4) is 0 Å². The summed E-state index contributed by atoms with van der Waals surface area (Å²) in [4.78, 5) is 22.8. The summed E-state index contributed by atoms with van der Waals surface area (Å²) in [5.74, 6) is -3.65. The quantitative estimate of drug-likeness (QED) is 0.912. The molecule has 0 heterocycles. The first-order chi connectivity index (χ1) is 9.88. The van der Waals surface area contributed by atoms with E-state index in [1.165, 1.54) is 12.1 Å². The van der Waals surface area contributed by atoms with Crippen LogP contribution in [0.5, 0.6) is 0 Å². The van der Waals surface area contributed by atoms with Gasteiger partial charge in [0.05, 0.1) is 16.8 Å². The Labute approximate surface area is 119 Å². The highest BCUT2D eigenvalue weighted by atomic mass is 19.1. The Morgan fingerprint density at radius 3 is 2.38 bits per heavy atom. The van der Waals surface area contributed by atoms with E-state index in [0.29, 0.717) is 5.56 Å². The van der Waals surface area contributed by atoms with E-state index in [4.69, 9.17) is 5.11 Å². The molecule has 0 unspecified atom stereocenters. The number of aryl methyl sites for hydroxylation is 1. The van der Waals surface area contributed by atoms with Crippen LogP contribution in [-0.2, 0) is 0 Å². The Bertz CT molecular complexity index is 729. The number of halogens is 2. The van der Waals surface area contributed by atoms with Crippen molar-refractivity contribution in [3.8, 4) is 0 Å². The number of aromatic carboxylic acids is 1. The van der Waals surface area contributed by atoms with Crippen molar-refractivity contribution in [3.05, 3.63) is 64.7 Å². The van der Waals surface area contributed by atoms with Crippen molar-refractivity contribution in [2.75, 3.05) is 5.32 Å². The van der Waals surface area contributed by atoms with E-state index in [2.05, 4.69) is 5.32 Å². The lowest BCUT2D eigenvalue weighted by molar-refractivity contribution is 0.0696. The summed E-state index contributed by atoms with van der Waals surface area (Å²) in [6.07, 6.45) is 0. The molecule has 0 radical (unpaired) electrons. The predicted molar refractivity (Wildman–Crippen MR) is 72.4 cm³/mol. The van der Waals surface area contributed by atoms with Gasteiger partial charge >= 0.3 is 5.97 Å². The molecule has 0 aliphatic carbocycles. The number of benzene rings is 2. The molecule has 6 heteroatoms. The summed E-state index contributed by atoms with van der Waals surface area (Å²) in [5.41, 5.74) is -0.0753. The zero-order valence-corrected chi connectivity index (χ0v) is 11.0. The lowest BCUT2D eigenvalue weighted by Crippen LogP contribution is -2.15. The van der Waals surface area contributed by atoms with E-state index in [1.54, 1.807) is 6.92 Å². The zero-order chi connectivity index (χ0) is 15.6. The van der Waals surface area contributed by atoms with Gasteiger partial charge in [-0.25, -0.2) is 13.6 Å². The van der Waals surface area contributed by atoms with Gasteiger partial charge in [-0.2, -0.15) is 0 Å². The summed E-state index contributed by atoms with van der Waals surface area (Å²) in [5, 5.41) is 11.0. The van der Waals surface area contributed by atoms with Crippen LogP contribution in [0.15, 0.2) is 36.4 Å². The van der Waals surface area contributed by atoms with Gasteiger partial charge in [0.1, 0.15) is 11.6 Å². The van der Waals surface area contributed by atoms with E-state index in [9.17, 15) is 18.4 Å². The monoisotopic (exact) mass is 291 g/mol. The van der Waals surface area contributed by atoms with Crippen LogP contribution >= 0.6 is 0 Å². The van der Waals surface area contributed by atoms with Crippen LogP contribution < -0.4 is 5.32 Å². The van der Waals surface area contributed by atoms with E-state index in [1.807, 2.05) is 0 Å². The first-order valence-electron chi connectivity index (χ1n) is 5.99. The lowest BCUT2D eigenvalue weighted by Gasteiger charge is -2.08. The topological polar surface area (TPSA) is 66.4 Å². The molecular formula is C15H11F2NO3. The fourth-order valence-corrected chi connectivity index (χ4v) is 1.76. The Hall–Kier alpha value is -2.76. The molecule has 2 rings (SSSR count). The van der Waals surface area contributed by atoms with Crippen molar-refractivity contribution in [3.63, 3.8) is 0 Å². The lowest BCUT2D eigenvalue weighted by atomic mass is 10.1. The minimum Gasteiger partial charge on any atom is -0.478 e. The molecule has 0 saturated heterocycles. The van der Waals surface area contributed by atoms with Crippen LogP contribution in [0.1, 0.15) is 26.3 Å². The van der Waals surface area contributed by atoms with Gasteiger partial charge in [0, 0.05) is 0 Å². The largest absolute Gasteiger partial charge is 0.478 e. The molecule has 0 bridgehead atoms. The third-order valence-electron chi connectivity index (χ3n) is 2.83. The predicted octanol–water partition coefficient (Wildman–Crippen LogP) is 3.22. The molecule has 1 amide bonds. The number of carboxylic acid groups (broad SMARTS) is 1. The van der Waals surface area contributed by atoms with Crippen molar-refractivity contribution < 1.29 is 23.5 Å². The van der Waals surface area contributed by atoms with Crippen LogP contribution in [0.4, 0.5) is 14.5 Å². The Morgan fingerprint density at radius 2 is 1.71 bits per heavy atom. The van der Waals surface area contributed by atoms with Gasteiger partial charge in [0.2, 0.25) is 0 Å². The summed E-state index contributed by atoms with van der Waals surface area (Å²) < 4.78 is 27.2. The van der Waals surface area contributed by atoms with Gasteiger partial charge in [-0.3, -0.25) is 4.79 Å². The summed E-state index contributed by atoms with van der Waals surface area (Å²) in [6, 6.07) is 6.92. The number of nitrogens with one attached hydrogen (secondary N) is 1. The number of carbonyl (C=O) groups excluding carboxylic acids is 1. The van der Waals surface area contributed by atoms with Gasteiger partial charge in [-0.05, 0) is 37.3 Å². The molecule has 0 spiro atoms. The van der Waals surface area contributed by atoms with Crippen molar-refractivity contribution in [2.24, 2.45) is 0 Å². The third-order valence-corrected chi connectivity index (χ3v) is 2.83. The van der Waals surface area contributed by atoms with Crippen LogP contribution in [0.2, 0.25) is 0 Å². The average molecular weight is 291 g/mol. The first kappa shape index (κ1) is 14.6. The first-order valence-corrected chi connectivity index (χ1v) is 5.99. The Morgan fingerprint density at radius 1 is 1.05 bits per heavy atom. The van der Waals surface area contributed by atoms with Gasteiger partial charge in [-0.15, -0.1) is 0 Å². The van der Waals surface area contributed by atoms with E-state index >= 15 is 0 Å². The van der Waals surface area contributed by atoms with Crippen LogP contribution in [-0.4, -0.2) is 17.0 Å². The summed E-state index contributed by atoms with van der Waals surface area (Å²) >= 11 is 0. The highest BCUT2D eigenvalue weighted by Crippen LogP contribution is 2.18. The number of carboxylic acids is 1. The van der Waals surface area contributed by atoms with E-state index in [-0.39, 0.29) is 16.8 Å². The third kappa shape index (κ3) is 3.22. The maximum Gasteiger partial charge on any atom is 0.335 e. The SMILES string of the molecule is Cc1ccc(F)c(C(=O)Nc2cc(C(=O)O)ccc2F)c1. The number of rotatable bonds is 3. The smallest absolute Gasteiger partial charge is 0.335 e. The van der Waals surface area contributed by atoms with E-state index in [0.717, 1.165) is 24.3 Å². The van der Waals surface area contributed by atoms with Gasteiger partial charge in [0.25, 0.3) is 5.91 Å².